The van der Waals surface area contributed by atoms with Crippen LogP contribution >= 0.6 is 0 Å². The predicted molar refractivity (Wildman–Crippen MR) is 120 cm³/mol. The molecule has 0 saturated carbocycles. The molecular weight excluding hydrogens is 376 g/mol. The number of ether oxygens (including phenoxy) is 2. The van der Waals surface area contributed by atoms with Crippen LogP contribution in [-0.4, -0.2) is 57.1 Å². The average Bonchev–Trinajstić information content (AvgIpc) is 2.83. The number of benzene rings is 2. The van der Waals surface area contributed by atoms with E-state index in [1.807, 2.05) is 36.4 Å². The number of Topliss-reactive ketones (excluding diaryl/α,β-unsaturated/α-hetero) is 1. The first kappa shape index (κ1) is 20.7. The molecule has 2 aliphatic heterocycles. The van der Waals surface area contributed by atoms with E-state index in [0.29, 0.717) is 6.04 Å². The lowest BCUT2D eigenvalue weighted by Gasteiger charge is -2.42. The maximum atomic E-state index is 13.1. The molecule has 4 rings (SSSR count). The van der Waals surface area contributed by atoms with Crippen molar-refractivity contribution < 1.29 is 14.3 Å². The van der Waals surface area contributed by atoms with Crippen LogP contribution in [0, 0.1) is 5.92 Å². The molecule has 0 spiro atoms. The Morgan fingerprint density at radius 1 is 0.933 bits per heavy atom. The summed E-state index contributed by atoms with van der Waals surface area (Å²) in [5.41, 5.74) is 1.95. The van der Waals surface area contributed by atoms with Crippen molar-refractivity contribution in [2.24, 2.45) is 5.92 Å². The van der Waals surface area contributed by atoms with Gasteiger partial charge >= 0.3 is 0 Å². The molecule has 0 bridgehead atoms. The Morgan fingerprint density at radius 3 is 2.50 bits per heavy atom. The highest BCUT2D eigenvalue weighted by molar-refractivity contribution is 5.98. The van der Waals surface area contributed by atoms with Gasteiger partial charge in [0.05, 0.1) is 19.9 Å². The van der Waals surface area contributed by atoms with E-state index in [0.717, 1.165) is 68.9 Å². The van der Waals surface area contributed by atoms with Crippen molar-refractivity contribution in [3.63, 3.8) is 0 Å². The molecule has 0 unspecified atom stereocenters. The van der Waals surface area contributed by atoms with Gasteiger partial charge in [-0.05, 0) is 56.5 Å². The Kier molecular flexibility index (Phi) is 6.58. The van der Waals surface area contributed by atoms with Crippen LogP contribution in [0.3, 0.4) is 0 Å². The summed E-state index contributed by atoms with van der Waals surface area (Å²) in [6.07, 6.45) is 4.32. The number of para-hydroxylation sites is 2. The fraction of sp³-hybridized carbons (Fsp3) is 0.480. The molecule has 2 aromatic carbocycles. The minimum Gasteiger partial charge on any atom is -0.497 e. The van der Waals surface area contributed by atoms with Crippen LogP contribution in [0.15, 0.2) is 48.5 Å². The van der Waals surface area contributed by atoms with E-state index in [1.165, 1.54) is 5.69 Å². The Labute approximate surface area is 179 Å². The lowest BCUT2D eigenvalue weighted by Crippen LogP contribution is -2.49. The fourth-order valence-corrected chi connectivity index (χ4v) is 4.93. The third-order valence-electron chi connectivity index (χ3n) is 6.58. The molecule has 2 aliphatic rings. The van der Waals surface area contributed by atoms with Gasteiger partial charge < -0.3 is 14.4 Å². The smallest absolute Gasteiger partial charge is 0.167 e. The maximum Gasteiger partial charge on any atom is 0.167 e. The molecule has 0 amide bonds. The van der Waals surface area contributed by atoms with Crippen LogP contribution in [0.4, 0.5) is 5.69 Å². The van der Waals surface area contributed by atoms with Gasteiger partial charge in [-0.1, -0.05) is 24.3 Å². The van der Waals surface area contributed by atoms with Crippen molar-refractivity contribution >= 4 is 11.5 Å². The third kappa shape index (κ3) is 4.46. The number of likely N-dealkylation sites (tertiary alicyclic amines) is 1. The molecule has 0 radical (unpaired) electrons. The number of rotatable bonds is 6. The Morgan fingerprint density at radius 2 is 1.73 bits per heavy atom. The number of ketones is 1. The fourth-order valence-electron chi connectivity index (χ4n) is 4.93. The Hall–Kier alpha value is -2.53. The van der Waals surface area contributed by atoms with Crippen LogP contribution in [-0.2, 0) is 0 Å². The lowest BCUT2D eigenvalue weighted by atomic mass is 9.88. The first-order valence-corrected chi connectivity index (χ1v) is 11.0. The molecule has 0 aliphatic carbocycles. The topological polar surface area (TPSA) is 42.0 Å². The summed E-state index contributed by atoms with van der Waals surface area (Å²) in [6, 6.07) is 16.4. The van der Waals surface area contributed by atoms with E-state index in [4.69, 9.17) is 9.47 Å². The highest BCUT2D eigenvalue weighted by Crippen LogP contribution is 2.32. The molecule has 1 atom stereocenters. The summed E-state index contributed by atoms with van der Waals surface area (Å²) in [5, 5.41) is 0. The molecule has 30 heavy (non-hydrogen) atoms. The van der Waals surface area contributed by atoms with Gasteiger partial charge in [-0.15, -0.1) is 0 Å². The molecule has 5 heteroatoms. The van der Waals surface area contributed by atoms with Gasteiger partial charge in [0.1, 0.15) is 11.5 Å². The zero-order valence-corrected chi connectivity index (χ0v) is 18.0. The molecule has 2 saturated heterocycles. The number of carbonyl (C=O) groups is 1. The van der Waals surface area contributed by atoms with Crippen LogP contribution in [0.25, 0.3) is 0 Å². The number of methoxy groups -OCH3 is 2. The normalized spacial score (nSPS) is 20.7. The average molecular weight is 409 g/mol. The summed E-state index contributed by atoms with van der Waals surface area (Å²) in [7, 11) is 3.38. The van der Waals surface area contributed by atoms with Crippen LogP contribution < -0.4 is 14.4 Å². The van der Waals surface area contributed by atoms with Gasteiger partial charge in [-0.2, -0.15) is 0 Å². The second kappa shape index (κ2) is 9.52. The van der Waals surface area contributed by atoms with E-state index in [-0.39, 0.29) is 11.7 Å². The van der Waals surface area contributed by atoms with Gasteiger partial charge in [-0.25, -0.2) is 0 Å². The molecule has 160 valence electrons. The van der Waals surface area contributed by atoms with Gasteiger partial charge in [0, 0.05) is 37.2 Å². The first-order valence-electron chi connectivity index (χ1n) is 11.0. The molecule has 0 aromatic heterocycles. The van der Waals surface area contributed by atoms with Crippen molar-refractivity contribution in [3.05, 3.63) is 54.1 Å². The number of nitrogens with zero attached hydrogens (tertiary/aromatic N) is 2. The van der Waals surface area contributed by atoms with E-state index < -0.39 is 0 Å². The van der Waals surface area contributed by atoms with Gasteiger partial charge in [0.25, 0.3) is 0 Å². The number of anilines is 1. The largest absolute Gasteiger partial charge is 0.497 e. The van der Waals surface area contributed by atoms with E-state index in [2.05, 4.69) is 21.9 Å². The van der Waals surface area contributed by atoms with E-state index in [1.54, 1.807) is 14.2 Å². The molecule has 2 aromatic rings. The molecule has 0 N–H and O–H groups in total. The predicted octanol–water partition coefficient (Wildman–Crippen LogP) is 4.27. The molecule has 2 fully saturated rings. The summed E-state index contributed by atoms with van der Waals surface area (Å²) in [5.74, 6) is 2.03. The molecule has 5 nitrogen and oxygen atoms in total. The van der Waals surface area contributed by atoms with Crippen molar-refractivity contribution in [1.82, 2.24) is 4.90 Å². The van der Waals surface area contributed by atoms with Crippen LogP contribution in [0.2, 0.25) is 0 Å². The van der Waals surface area contributed by atoms with Crippen molar-refractivity contribution in [2.45, 2.75) is 31.7 Å². The summed E-state index contributed by atoms with van der Waals surface area (Å²) >= 11 is 0. The zero-order chi connectivity index (χ0) is 20.9. The minimum atomic E-state index is 0.0816. The number of carbonyl (C=O) groups excluding carboxylic acids is 1. The Bertz CT molecular complexity index is 861. The first-order chi connectivity index (χ1) is 14.7. The van der Waals surface area contributed by atoms with Gasteiger partial charge in [0.15, 0.2) is 5.78 Å². The number of hydrogen-bond acceptors (Lipinski definition) is 5. The number of piperidine rings is 2. The third-order valence-corrected chi connectivity index (χ3v) is 6.58. The summed E-state index contributed by atoms with van der Waals surface area (Å²) < 4.78 is 10.8. The standard InChI is InChI=1S/C25H32N2O3/c1-29-22-9-5-7-19(17-22)25(28)20-8-6-14-27(18-20)21-12-15-26(16-13-21)23-10-3-4-11-24(23)30-2/h3-5,7,9-11,17,20-21H,6,8,12-16,18H2,1-2H3/t20-/m0/s1. The van der Waals surface area contributed by atoms with Crippen LogP contribution in [0.1, 0.15) is 36.0 Å². The van der Waals surface area contributed by atoms with Crippen molar-refractivity contribution in [1.29, 1.82) is 0 Å². The second-order valence-electron chi connectivity index (χ2n) is 8.32. The summed E-state index contributed by atoms with van der Waals surface area (Å²) in [4.78, 5) is 18.1. The zero-order valence-electron chi connectivity index (χ0n) is 18.0. The maximum absolute atomic E-state index is 13.1. The van der Waals surface area contributed by atoms with E-state index in [9.17, 15) is 4.79 Å². The monoisotopic (exact) mass is 408 g/mol. The molecular formula is C25H32N2O3. The van der Waals surface area contributed by atoms with E-state index >= 15 is 0 Å². The van der Waals surface area contributed by atoms with Crippen LogP contribution in [0.5, 0.6) is 11.5 Å². The quantitative estimate of drug-likeness (QED) is 0.668. The summed E-state index contributed by atoms with van der Waals surface area (Å²) in [6.45, 7) is 4.02. The lowest BCUT2D eigenvalue weighted by molar-refractivity contribution is 0.0719. The van der Waals surface area contributed by atoms with Gasteiger partial charge in [0.2, 0.25) is 0 Å². The van der Waals surface area contributed by atoms with Crippen molar-refractivity contribution in [2.75, 3.05) is 45.3 Å². The highest BCUT2D eigenvalue weighted by Gasteiger charge is 2.32. The second-order valence-corrected chi connectivity index (χ2v) is 8.32. The van der Waals surface area contributed by atoms with Crippen molar-refractivity contribution in [3.8, 4) is 11.5 Å². The number of hydrogen-bond donors (Lipinski definition) is 0. The molecule has 2 heterocycles. The van der Waals surface area contributed by atoms with Gasteiger partial charge in [-0.3, -0.25) is 9.69 Å². The SMILES string of the molecule is COc1cccc(C(=O)[C@H]2CCCN(C3CCN(c4ccccc4OC)CC3)C2)c1. The minimum absolute atomic E-state index is 0.0816. The highest BCUT2D eigenvalue weighted by atomic mass is 16.5. The Balaban J connectivity index is 1.37.